The number of sulfonamides is 2. The third kappa shape index (κ3) is 3.54. The first kappa shape index (κ1) is 15.7. The van der Waals surface area contributed by atoms with Gasteiger partial charge in [-0.2, -0.15) is 4.31 Å². The molecule has 0 saturated carbocycles. The van der Waals surface area contributed by atoms with Crippen molar-refractivity contribution in [1.29, 1.82) is 0 Å². The van der Waals surface area contributed by atoms with Gasteiger partial charge in [0.05, 0.1) is 16.3 Å². The summed E-state index contributed by atoms with van der Waals surface area (Å²) in [5.41, 5.74) is 0. The van der Waals surface area contributed by atoms with E-state index in [1.54, 1.807) is 6.92 Å². The molecule has 0 heterocycles. The number of terminal acetylenes is 1. The summed E-state index contributed by atoms with van der Waals surface area (Å²) in [7, 11) is -7.78. The fourth-order valence-corrected chi connectivity index (χ4v) is 3.47. The highest BCUT2D eigenvalue weighted by atomic mass is 32.2. The normalized spacial score (nSPS) is 12.3. The Morgan fingerprint density at radius 1 is 1.26 bits per heavy atom. The maximum atomic E-state index is 12.2. The van der Waals surface area contributed by atoms with E-state index in [0.717, 1.165) is 10.4 Å². The average molecular weight is 302 g/mol. The molecule has 0 saturated heterocycles. The minimum atomic E-state index is -3.95. The third-order valence-electron chi connectivity index (χ3n) is 2.39. The zero-order chi connectivity index (χ0) is 14.7. The molecule has 0 bridgehead atoms. The highest BCUT2D eigenvalue weighted by Crippen LogP contribution is 2.18. The number of primary sulfonamides is 1. The van der Waals surface area contributed by atoms with Gasteiger partial charge in [0.2, 0.25) is 20.0 Å². The smallest absolute Gasteiger partial charge is 0.225 e. The fourth-order valence-electron chi connectivity index (χ4n) is 1.43. The molecule has 1 aromatic carbocycles. The summed E-state index contributed by atoms with van der Waals surface area (Å²) in [6, 6.07) is 4.86. The van der Waals surface area contributed by atoms with Crippen LogP contribution >= 0.6 is 0 Å². The molecule has 0 radical (unpaired) electrons. The second-order valence-corrected chi connectivity index (χ2v) is 7.15. The van der Waals surface area contributed by atoms with Crippen molar-refractivity contribution in [3.63, 3.8) is 0 Å². The van der Waals surface area contributed by atoms with E-state index in [9.17, 15) is 16.8 Å². The second-order valence-electron chi connectivity index (χ2n) is 3.66. The molecule has 8 heteroatoms. The molecule has 0 atom stereocenters. The molecule has 0 unspecified atom stereocenters. The minimum absolute atomic E-state index is 0.0849. The van der Waals surface area contributed by atoms with E-state index in [2.05, 4.69) is 5.92 Å². The van der Waals surface area contributed by atoms with E-state index in [-0.39, 0.29) is 22.9 Å². The van der Waals surface area contributed by atoms with Crippen LogP contribution in [0.2, 0.25) is 0 Å². The monoisotopic (exact) mass is 302 g/mol. The predicted octanol–water partition coefficient (Wildman–Crippen LogP) is -0.0222. The quantitative estimate of drug-likeness (QED) is 0.773. The van der Waals surface area contributed by atoms with E-state index in [1.165, 1.54) is 18.2 Å². The zero-order valence-electron chi connectivity index (χ0n) is 10.3. The lowest BCUT2D eigenvalue weighted by atomic mass is 10.4. The van der Waals surface area contributed by atoms with Crippen molar-refractivity contribution in [2.75, 3.05) is 13.1 Å². The summed E-state index contributed by atoms with van der Waals surface area (Å²) < 4.78 is 47.9. The van der Waals surface area contributed by atoms with E-state index >= 15 is 0 Å². The minimum Gasteiger partial charge on any atom is -0.225 e. The van der Waals surface area contributed by atoms with Gasteiger partial charge in [-0.25, -0.2) is 22.0 Å². The first-order chi connectivity index (χ1) is 8.73. The Hall–Kier alpha value is -1.40. The Bertz CT molecular complexity index is 702. The number of benzene rings is 1. The summed E-state index contributed by atoms with van der Waals surface area (Å²) in [6.07, 6.45) is 5.11. The van der Waals surface area contributed by atoms with Crippen LogP contribution in [0.1, 0.15) is 6.92 Å². The van der Waals surface area contributed by atoms with Crippen LogP contribution in [0.3, 0.4) is 0 Å². The van der Waals surface area contributed by atoms with Gasteiger partial charge in [0.15, 0.2) is 0 Å². The highest BCUT2D eigenvalue weighted by molar-refractivity contribution is 7.90. The van der Waals surface area contributed by atoms with E-state index in [1.807, 2.05) is 0 Å². The molecular weight excluding hydrogens is 288 g/mol. The standard InChI is InChI=1S/C11H14N2O4S2/c1-3-8-13(4-2)19(16,17)11-7-5-6-10(9-11)18(12,14)15/h1,5-7,9H,4,8H2,2H3,(H2,12,14,15). The van der Waals surface area contributed by atoms with Crippen LogP contribution in [0.5, 0.6) is 0 Å². The molecule has 0 spiro atoms. The maximum absolute atomic E-state index is 12.2. The molecular formula is C11H14N2O4S2. The van der Waals surface area contributed by atoms with E-state index in [0.29, 0.717) is 0 Å². The SMILES string of the molecule is C#CCN(CC)S(=O)(=O)c1cccc(S(N)(=O)=O)c1. The van der Waals surface area contributed by atoms with Gasteiger partial charge in [0.1, 0.15) is 0 Å². The first-order valence-corrected chi connectivity index (χ1v) is 8.28. The summed E-state index contributed by atoms with van der Waals surface area (Å²) in [5, 5.41) is 4.97. The van der Waals surface area contributed by atoms with Crippen LogP contribution in [-0.2, 0) is 20.0 Å². The lowest BCUT2D eigenvalue weighted by molar-refractivity contribution is 0.464. The molecule has 19 heavy (non-hydrogen) atoms. The lowest BCUT2D eigenvalue weighted by Gasteiger charge is -2.18. The van der Waals surface area contributed by atoms with Crippen molar-refractivity contribution in [3.8, 4) is 12.3 Å². The molecule has 0 aliphatic carbocycles. The maximum Gasteiger partial charge on any atom is 0.243 e. The van der Waals surface area contributed by atoms with Crippen molar-refractivity contribution in [3.05, 3.63) is 24.3 Å². The van der Waals surface area contributed by atoms with Crippen LogP contribution in [-0.4, -0.2) is 34.2 Å². The predicted molar refractivity (Wildman–Crippen MR) is 71.1 cm³/mol. The molecule has 0 aliphatic rings. The summed E-state index contributed by atoms with van der Waals surface area (Å²) in [6.45, 7) is 1.74. The highest BCUT2D eigenvalue weighted by Gasteiger charge is 2.23. The van der Waals surface area contributed by atoms with Crippen molar-refractivity contribution in [1.82, 2.24) is 4.31 Å². The second kappa shape index (κ2) is 5.71. The summed E-state index contributed by atoms with van der Waals surface area (Å²) in [4.78, 5) is -0.415. The zero-order valence-corrected chi connectivity index (χ0v) is 11.9. The van der Waals surface area contributed by atoms with Crippen molar-refractivity contribution in [2.24, 2.45) is 5.14 Å². The van der Waals surface area contributed by atoms with Gasteiger partial charge < -0.3 is 0 Å². The number of nitrogens with two attached hydrogens (primary N) is 1. The number of rotatable bonds is 5. The van der Waals surface area contributed by atoms with Gasteiger partial charge in [0.25, 0.3) is 0 Å². The summed E-state index contributed by atoms with van der Waals surface area (Å²) >= 11 is 0. The summed E-state index contributed by atoms with van der Waals surface area (Å²) in [5.74, 6) is 2.24. The first-order valence-electron chi connectivity index (χ1n) is 5.30. The molecule has 6 nitrogen and oxygen atoms in total. The molecule has 0 amide bonds. The average Bonchev–Trinajstić information content (AvgIpc) is 2.34. The van der Waals surface area contributed by atoms with Gasteiger partial charge in [-0.15, -0.1) is 6.42 Å². The number of hydrogen-bond donors (Lipinski definition) is 1. The van der Waals surface area contributed by atoms with Crippen LogP contribution in [0, 0.1) is 12.3 Å². The Balaban J connectivity index is 3.35. The van der Waals surface area contributed by atoms with Crippen molar-refractivity contribution >= 4 is 20.0 Å². The molecule has 1 aromatic rings. The largest absolute Gasteiger partial charge is 0.243 e. The molecule has 0 fully saturated rings. The van der Waals surface area contributed by atoms with Gasteiger partial charge in [-0.05, 0) is 18.2 Å². The third-order valence-corrected chi connectivity index (χ3v) is 5.22. The topological polar surface area (TPSA) is 97.5 Å². The van der Waals surface area contributed by atoms with Crippen LogP contribution in [0.25, 0.3) is 0 Å². The van der Waals surface area contributed by atoms with Crippen LogP contribution in [0.15, 0.2) is 34.1 Å². The lowest BCUT2D eigenvalue weighted by Crippen LogP contribution is -2.31. The molecule has 1 rings (SSSR count). The molecule has 104 valence electrons. The van der Waals surface area contributed by atoms with Crippen molar-refractivity contribution in [2.45, 2.75) is 16.7 Å². The van der Waals surface area contributed by atoms with E-state index < -0.39 is 20.0 Å². The van der Waals surface area contributed by atoms with Gasteiger partial charge in [0, 0.05) is 6.54 Å². The van der Waals surface area contributed by atoms with Crippen LogP contribution in [0.4, 0.5) is 0 Å². The number of hydrogen-bond acceptors (Lipinski definition) is 4. The van der Waals surface area contributed by atoms with Gasteiger partial charge in [-0.3, -0.25) is 0 Å². The Morgan fingerprint density at radius 3 is 2.32 bits per heavy atom. The van der Waals surface area contributed by atoms with Gasteiger partial charge in [-0.1, -0.05) is 18.9 Å². The Morgan fingerprint density at radius 2 is 1.84 bits per heavy atom. The Labute approximate surface area is 113 Å². The Kier molecular flexibility index (Phi) is 4.70. The van der Waals surface area contributed by atoms with Crippen molar-refractivity contribution < 1.29 is 16.8 Å². The van der Waals surface area contributed by atoms with E-state index in [4.69, 9.17) is 11.6 Å². The fraction of sp³-hybridized carbons (Fsp3) is 0.273. The van der Waals surface area contributed by atoms with Crippen LogP contribution < -0.4 is 5.14 Å². The molecule has 0 aliphatic heterocycles. The molecule has 0 aromatic heterocycles. The van der Waals surface area contributed by atoms with Gasteiger partial charge >= 0.3 is 0 Å². The molecule has 2 N–H and O–H groups in total. The number of nitrogens with zero attached hydrogens (tertiary/aromatic N) is 1.